The molecule has 0 aliphatic carbocycles. The van der Waals surface area contributed by atoms with E-state index in [2.05, 4.69) is 70.1 Å². The standard InChI is InChI=1S/C21H27N5OS2/c1-5-7-8-17-24-25-21(26(17)6-2)28-13-18(27)22-20-23-19(15(4)29-20)16-11-9-14(3)10-12-16/h9-12H,5-8,13H2,1-4H3,(H,22,23,27). The number of hydrogen-bond acceptors (Lipinski definition) is 6. The summed E-state index contributed by atoms with van der Waals surface area (Å²) < 4.78 is 2.09. The molecule has 2 aromatic heterocycles. The average molecular weight is 430 g/mol. The van der Waals surface area contributed by atoms with Crippen molar-refractivity contribution in [2.45, 2.75) is 58.7 Å². The zero-order valence-corrected chi connectivity index (χ0v) is 19.0. The van der Waals surface area contributed by atoms with E-state index in [-0.39, 0.29) is 11.7 Å². The number of anilines is 1. The maximum absolute atomic E-state index is 12.4. The van der Waals surface area contributed by atoms with Crippen LogP contribution in [0.25, 0.3) is 11.3 Å². The van der Waals surface area contributed by atoms with Crippen LogP contribution in [0.1, 0.15) is 43.0 Å². The Balaban J connectivity index is 1.61. The fourth-order valence-electron chi connectivity index (χ4n) is 2.98. The Labute approximate surface area is 180 Å². The molecular formula is C21H27N5OS2. The Morgan fingerprint density at radius 3 is 2.62 bits per heavy atom. The molecule has 0 saturated heterocycles. The molecule has 0 bridgehead atoms. The third-order valence-electron chi connectivity index (χ3n) is 4.56. The third-order valence-corrected chi connectivity index (χ3v) is 6.42. The molecule has 0 unspecified atom stereocenters. The Morgan fingerprint density at radius 2 is 1.93 bits per heavy atom. The van der Waals surface area contributed by atoms with Crippen molar-refractivity contribution in [3.63, 3.8) is 0 Å². The maximum Gasteiger partial charge on any atom is 0.236 e. The lowest BCUT2D eigenvalue weighted by atomic mass is 10.1. The molecule has 1 N–H and O–H groups in total. The normalized spacial score (nSPS) is 11.0. The van der Waals surface area contributed by atoms with Gasteiger partial charge in [0.25, 0.3) is 0 Å². The van der Waals surface area contributed by atoms with Crippen molar-refractivity contribution < 1.29 is 4.79 Å². The number of nitrogens with one attached hydrogen (secondary N) is 1. The van der Waals surface area contributed by atoms with Crippen LogP contribution in [0.2, 0.25) is 0 Å². The first-order valence-corrected chi connectivity index (χ1v) is 11.7. The third kappa shape index (κ3) is 5.45. The molecular weight excluding hydrogens is 402 g/mol. The first-order chi connectivity index (χ1) is 14.0. The lowest BCUT2D eigenvalue weighted by Gasteiger charge is -2.06. The van der Waals surface area contributed by atoms with Crippen LogP contribution in [0, 0.1) is 13.8 Å². The molecule has 0 spiro atoms. The molecule has 29 heavy (non-hydrogen) atoms. The van der Waals surface area contributed by atoms with Crippen molar-refractivity contribution >= 4 is 34.1 Å². The molecule has 0 fully saturated rings. The fraction of sp³-hybridized carbons (Fsp3) is 0.429. The summed E-state index contributed by atoms with van der Waals surface area (Å²) in [5.74, 6) is 1.19. The second-order valence-corrected chi connectivity index (χ2v) is 9.02. The van der Waals surface area contributed by atoms with Gasteiger partial charge in [-0.2, -0.15) is 0 Å². The molecule has 1 aromatic carbocycles. The van der Waals surface area contributed by atoms with Gasteiger partial charge in [0.2, 0.25) is 5.91 Å². The summed E-state index contributed by atoms with van der Waals surface area (Å²) in [6.07, 6.45) is 3.14. The summed E-state index contributed by atoms with van der Waals surface area (Å²) in [6.45, 7) is 9.14. The van der Waals surface area contributed by atoms with Gasteiger partial charge in [-0.25, -0.2) is 4.98 Å². The van der Waals surface area contributed by atoms with Crippen LogP contribution in [0.4, 0.5) is 5.13 Å². The number of thiazole rings is 1. The van der Waals surface area contributed by atoms with Gasteiger partial charge < -0.3 is 9.88 Å². The highest BCUT2D eigenvalue weighted by Crippen LogP contribution is 2.30. The SMILES string of the molecule is CCCCc1nnc(SCC(=O)Nc2nc(-c3ccc(C)cc3)c(C)s2)n1CC. The Hall–Kier alpha value is -2.19. The zero-order chi connectivity index (χ0) is 20.8. The molecule has 6 nitrogen and oxygen atoms in total. The Morgan fingerprint density at radius 1 is 1.17 bits per heavy atom. The van der Waals surface area contributed by atoms with Crippen molar-refractivity contribution in [3.05, 3.63) is 40.5 Å². The fourth-order valence-corrected chi connectivity index (χ4v) is 4.65. The van der Waals surface area contributed by atoms with Crippen LogP contribution < -0.4 is 5.32 Å². The predicted molar refractivity (Wildman–Crippen MR) is 121 cm³/mol. The number of unbranched alkanes of at least 4 members (excludes halogenated alkanes) is 1. The number of amides is 1. The van der Waals surface area contributed by atoms with E-state index < -0.39 is 0 Å². The molecule has 1 amide bonds. The number of benzene rings is 1. The van der Waals surface area contributed by atoms with Crippen LogP contribution in [0.3, 0.4) is 0 Å². The van der Waals surface area contributed by atoms with Crippen molar-refractivity contribution in [1.29, 1.82) is 0 Å². The Kier molecular flexibility index (Phi) is 7.44. The molecule has 154 valence electrons. The second-order valence-electron chi connectivity index (χ2n) is 6.87. The van der Waals surface area contributed by atoms with E-state index in [0.717, 1.165) is 52.9 Å². The molecule has 2 heterocycles. The average Bonchev–Trinajstić information content (AvgIpc) is 3.27. The molecule has 0 aliphatic heterocycles. The first kappa shape index (κ1) is 21.5. The van der Waals surface area contributed by atoms with Gasteiger partial charge in [-0.3, -0.25) is 4.79 Å². The molecule has 3 rings (SSSR count). The number of thioether (sulfide) groups is 1. The lowest BCUT2D eigenvalue weighted by molar-refractivity contribution is -0.113. The van der Waals surface area contributed by atoms with Crippen LogP contribution in [0.5, 0.6) is 0 Å². The second kappa shape index (κ2) is 10.0. The van der Waals surface area contributed by atoms with Gasteiger partial charge in [-0.15, -0.1) is 21.5 Å². The van der Waals surface area contributed by atoms with E-state index in [0.29, 0.717) is 5.13 Å². The summed E-state index contributed by atoms with van der Waals surface area (Å²) in [4.78, 5) is 18.1. The highest BCUT2D eigenvalue weighted by atomic mass is 32.2. The van der Waals surface area contributed by atoms with E-state index in [1.54, 1.807) is 0 Å². The number of aryl methyl sites for hydroxylation is 3. The number of hydrogen-bond donors (Lipinski definition) is 1. The molecule has 0 aliphatic rings. The van der Waals surface area contributed by atoms with Gasteiger partial charge in [-0.1, -0.05) is 54.9 Å². The highest BCUT2D eigenvalue weighted by Gasteiger charge is 2.15. The number of aromatic nitrogens is 4. The maximum atomic E-state index is 12.4. The number of carbonyl (C=O) groups excluding carboxylic acids is 1. The molecule has 0 atom stereocenters. The van der Waals surface area contributed by atoms with Gasteiger partial charge in [0.05, 0.1) is 11.4 Å². The summed E-state index contributed by atoms with van der Waals surface area (Å²) in [5, 5.41) is 12.9. The van der Waals surface area contributed by atoms with Crippen molar-refractivity contribution in [2.24, 2.45) is 0 Å². The van der Waals surface area contributed by atoms with Gasteiger partial charge in [0.15, 0.2) is 10.3 Å². The summed E-state index contributed by atoms with van der Waals surface area (Å²) in [6, 6.07) is 8.27. The van der Waals surface area contributed by atoms with E-state index in [1.807, 2.05) is 6.92 Å². The number of carbonyl (C=O) groups is 1. The molecule has 0 radical (unpaired) electrons. The van der Waals surface area contributed by atoms with Crippen molar-refractivity contribution in [2.75, 3.05) is 11.1 Å². The molecule has 8 heteroatoms. The highest BCUT2D eigenvalue weighted by molar-refractivity contribution is 7.99. The largest absolute Gasteiger partial charge is 0.306 e. The van der Waals surface area contributed by atoms with Crippen LogP contribution in [-0.4, -0.2) is 31.4 Å². The summed E-state index contributed by atoms with van der Waals surface area (Å²) in [5.41, 5.74) is 3.20. The van der Waals surface area contributed by atoms with Crippen molar-refractivity contribution in [3.8, 4) is 11.3 Å². The van der Waals surface area contributed by atoms with E-state index in [1.165, 1.54) is 28.7 Å². The summed E-state index contributed by atoms with van der Waals surface area (Å²) >= 11 is 2.92. The van der Waals surface area contributed by atoms with Crippen LogP contribution in [-0.2, 0) is 17.8 Å². The minimum Gasteiger partial charge on any atom is -0.306 e. The summed E-state index contributed by atoms with van der Waals surface area (Å²) in [7, 11) is 0. The molecule has 3 aromatic rings. The van der Waals surface area contributed by atoms with E-state index in [9.17, 15) is 4.79 Å². The number of rotatable bonds is 9. The van der Waals surface area contributed by atoms with Gasteiger partial charge in [0.1, 0.15) is 5.82 Å². The number of nitrogens with zero attached hydrogens (tertiary/aromatic N) is 4. The monoisotopic (exact) mass is 429 g/mol. The quantitative estimate of drug-likeness (QED) is 0.478. The van der Waals surface area contributed by atoms with Gasteiger partial charge >= 0.3 is 0 Å². The van der Waals surface area contributed by atoms with E-state index >= 15 is 0 Å². The van der Waals surface area contributed by atoms with Crippen LogP contribution in [0.15, 0.2) is 29.4 Å². The van der Waals surface area contributed by atoms with E-state index in [4.69, 9.17) is 0 Å². The van der Waals surface area contributed by atoms with Crippen molar-refractivity contribution in [1.82, 2.24) is 19.7 Å². The molecule has 0 saturated carbocycles. The Bertz CT molecular complexity index is 962. The van der Waals surface area contributed by atoms with Gasteiger partial charge in [0, 0.05) is 23.4 Å². The first-order valence-electron chi connectivity index (χ1n) is 9.91. The minimum absolute atomic E-state index is 0.0834. The lowest BCUT2D eigenvalue weighted by Crippen LogP contribution is -2.14. The smallest absolute Gasteiger partial charge is 0.236 e. The predicted octanol–water partition coefficient (Wildman–Crippen LogP) is 5.11. The minimum atomic E-state index is -0.0834. The topological polar surface area (TPSA) is 72.7 Å². The van der Waals surface area contributed by atoms with Gasteiger partial charge in [-0.05, 0) is 27.2 Å². The zero-order valence-electron chi connectivity index (χ0n) is 17.4. The van der Waals surface area contributed by atoms with Crippen LogP contribution >= 0.6 is 23.1 Å².